The number of hydrogen-bond acceptors (Lipinski definition) is 6. The number of pyridine rings is 1. The molecule has 0 aliphatic carbocycles. The number of benzene rings is 2. The Balaban J connectivity index is 1.75. The maximum atomic E-state index is 13.1. The maximum absolute atomic E-state index is 13.1. The molecule has 0 unspecified atom stereocenters. The molecule has 0 fully saturated rings. The molecule has 0 aliphatic heterocycles. The first-order valence-electron chi connectivity index (χ1n) is 11.1. The third kappa shape index (κ3) is 6.03. The number of rotatable bonds is 8. The number of hydrogen-bond donors (Lipinski definition) is 1. The minimum atomic E-state index is -2.91. The van der Waals surface area contributed by atoms with Crippen molar-refractivity contribution in [1.29, 1.82) is 0 Å². The van der Waals surface area contributed by atoms with Gasteiger partial charge in [0.2, 0.25) is 5.62 Å². The average molecular weight is 544 g/mol. The number of ether oxygens (including phenoxy) is 1. The highest BCUT2D eigenvalue weighted by Crippen LogP contribution is 2.24. The Hall–Kier alpha value is -4.58. The normalized spacial score (nSPS) is 11.7. The van der Waals surface area contributed by atoms with Crippen LogP contribution in [0.1, 0.15) is 15.9 Å². The van der Waals surface area contributed by atoms with Gasteiger partial charge in [0.05, 0.1) is 30.5 Å². The van der Waals surface area contributed by atoms with Crippen LogP contribution >= 0.6 is 11.6 Å². The molecule has 0 radical (unpaired) electrons. The van der Waals surface area contributed by atoms with Crippen LogP contribution in [-0.4, -0.2) is 36.2 Å². The van der Waals surface area contributed by atoms with E-state index in [1.54, 1.807) is 48.5 Å². The molecule has 13 heteroatoms. The summed E-state index contributed by atoms with van der Waals surface area (Å²) in [7, 11) is 1.33. The fourth-order valence-electron chi connectivity index (χ4n) is 3.53. The van der Waals surface area contributed by atoms with Crippen LogP contribution in [0.15, 0.2) is 81.6 Å². The molecule has 0 saturated carbocycles. The molecule has 2 heterocycles. The first-order valence-corrected chi connectivity index (χ1v) is 11.4. The van der Waals surface area contributed by atoms with Gasteiger partial charge in [0.25, 0.3) is 6.43 Å². The third-order valence-electron chi connectivity index (χ3n) is 5.36. The summed E-state index contributed by atoms with van der Waals surface area (Å²) in [5.74, 6) is -0.589. The number of carbonyl (C=O) groups is 1. The van der Waals surface area contributed by atoms with E-state index in [-0.39, 0.29) is 23.5 Å². The van der Waals surface area contributed by atoms with Crippen LogP contribution in [0.4, 0.5) is 14.5 Å². The topological polar surface area (TPSA) is 121 Å². The van der Waals surface area contributed by atoms with Gasteiger partial charge in [0.15, 0.2) is 0 Å². The number of aromatic nitrogens is 4. The van der Waals surface area contributed by atoms with Gasteiger partial charge in [-0.05, 0) is 48.0 Å². The molecule has 0 saturated heterocycles. The summed E-state index contributed by atoms with van der Waals surface area (Å²) in [6.45, 7) is -1.11. The molecule has 196 valence electrons. The van der Waals surface area contributed by atoms with Gasteiger partial charge in [-0.1, -0.05) is 23.7 Å². The van der Waals surface area contributed by atoms with Crippen molar-refractivity contribution in [3.05, 3.63) is 110 Å². The largest absolute Gasteiger partial charge is 0.478 e. The first-order chi connectivity index (χ1) is 18.1. The predicted molar refractivity (Wildman–Crippen MR) is 133 cm³/mol. The minimum absolute atomic E-state index is 0.0399. The van der Waals surface area contributed by atoms with Crippen LogP contribution in [0.3, 0.4) is 0 Å². The van der Waals surface area contributed by atoms with E-state index in [0.29, 0.717) is 26.6 Å². The smallest absolute Gasteiger partial charge is 0.337 e. The molecule has 2 aromatic carbocycles. The summed E-state index contributed by atoms with van der Waals surface area (Å²) in [4.78, 5) is 45.3. The Morgan fingerprint density at radius 3 is 2.34 bits per heavy atom. The van der Waals surface area contributed by atoms with Crippen molar-refractivity contribution < 1.29 is 23.4 Å². The van der Waals surface area contributed by atoms with E-state index < -0.39 is 30.3 Å². The van der Waals surface area contributed by atoms with Crippen molar-refractivity contribution in [2.45, 2.75) is 19.5 Å². The van der Waals surface area contributed by atoms with E-state index in [2.05, 4.69) is 9.98 Å². The van der Waals surface area contributed by atoms with Crippen LogP contribution in [0.2, 0.25) is 5.02 Å². The second-order valence-electron chi connectivity index (χ2n) is 8.06. The summed E-state index contributed by atoms with van der Waals surface area (Å²) >= 11 is 5.94. The van der Waals surface area contributed by atoms with Gasteiger partial charge in [-0.25, -0.2) is 32.7 Å². The number of carboxylic acid groups (broad SMARTS) is 1. The molecule has 10 nitrogen and oxygen atoms in total. The highest BCUT2D eigenvalue weighted by Gasteiger charge is 2.16. The van der Waals surface area contributed by atoms with Crippen LogP contribution in [0.25, 0.3) is 0 Å². The van der Waals surface area contributed by atoms with Gasteiger partial charge in [-0.3, -0.25) is 14.1 Å². The molecular formula is C25H20ClF2N5O5. The number of nitrogens with zero attached hydrogens (tertiary/aromatic N) is 5. The van der Waals surface area contributed by atoms with E-state index in [1.165, 1.54) is 25.5 Å². The average Bonchev–Trinajstić information content (AvgIpc) is 2.89. The monoisotopic (exact) mass is 543 g/mol. The fourth-order valence-corrected chi connectivity index (χ4v) is 3.66. The van der Waals surface area contributed by atoms with Crippen LogP contribution < -0.4 is 21.7 Å². The molecule has 1 N–H and O–H groups in total. The van der Waals surface area contributed by atoms with Gasteiger partial charge in [-0.15, -0.1) is 0 Å². The number of alkyl halides is 2. The van der Waals surface area contributed by atoms with E-state index in [9.17, 15) is 23.2 Å². The van der Waals surface area contributed by atoms with Gasteiger partial charge < -0.3 is 9.84 Å². The molecule has 0 spiro atoms. The Labute approximate surface area is 218 Å². The summed E-state index contributed by atoms with van der Waals surface area (Å²) in [6.07, 6.45) is -0.365. The molecule has 4 aromatic rings. The summed E-state index contributed by atoms with van der Waals surface area (Å²) in [5.41, 5.74) is -1.01. The lowest BCUT2D eigenvalue weighted by molar-refractivity contribution is 0.0696. The maximum Gasteiger partial charge on any atom is 0.337 e. The Bertz CT molecular complexity index is 1660. The van der Waals surface area contributed by atoms with Crippen molar-refractivity contribution in [1.82, 2.24) is 18.7 Å². The SMILES string of the molecule is Cn1c(=O)n(CC(F)F)c(=O)n(Cc2ccc(Cl)cc2)c1=Nc1ccc(Oc2cncc(C(=O)O)c2)cc1. The van der Waals surface area contributed by atoms with Crippen LogP contribution in [0, 0.1) is 0 Å². The molecule has 2 aromatic heterocycles. The lowest BCUT2D eigenvalue weighted by atomic mass is 10.2. The Morgan fingerprint density at radius 1 is 1.03 bits per heavy atom. The quantitative estimate of drug-likeness (QED) is 0.363. The van der Waals surface area contributed by atoms with Gasteiger partial charge in [0.1, 0.15) is 11.5 Å². The van der Waals surface area contributed by atoms with Crippen LogP contribution in [0.5, 0.6) is 11.5 Å². The third-order valence-corrected chi connectivity index (χ3v) is 5.61. The lowest BCUT2D eigenvalue weighted by Gasteiger charge is -2.14. The predicted octanol–water partition coefficient (Wildman–Crippen LogP) is 3.43. The number of halogens is 3. The summed E-state index contributed by atoms with van der Waals surface area (Å²) in [5, 5.41) is 9.58. The van der Waals surface area contributed by atoms with Crippen molar-refractivity contribution in [2.24, 2.45) is 12.0 Å². The van der Waals surface area contributed by atoms with E-state index in [0.717, 1.165) is 9.13 Å². The zero-order chi connectivity index (χ0) is 27.4. The minimum Gasteiger partial charge on any atom is -0.478 e. The first kappa shape index (κ1) is 26.5. The molecule has 0 bridgehead atoms. The van der Waals surface area contributed by atoms with Crippen molar-refractivity contribution in [3.8, 4) is 11.5 Å². The van der Waals surface area contributed by atoms with Crippen molar-refractivity contribution in [3.63, 3.8) is 0 Å². The molecular weight excluding hydrogens is 524 g/mol. The second kappa shape index (κ2) is 11.2. The van der Waals surface area contributed by atoms with E-state index in [4.69, 9.17) is 21.4 Å². The highest BCUT2D eigenvalue weighted by molar-refractivity contribution is 6.30. The molecule has 0 atom stereocenters. The number of aromatic carboxylic acids is 1. The lowest BCUT2D eigenvalue weighted by Crippen LogP contribution is -2.54. The van der Waals surface area contributed by atoms with E-state index in [1.807, 2.05) is 0 Å². The fraction of sp³-hybridized carbons (Fsp3) is 0.160. The zero-order valence-electron chi connectivity index (χ0n) is 19.8. The van der Waals surface area contributed by atoms with Crippen molar-refractivity contribution >= 4 is 23.3 Å². The molecule has 0 amide bonds. The Morgan fingerprint density at radius 2 is 1.71 bits per heavy atom. The van der Waals surface area contributed by atoms with Gasteiger partial charge >= 0.3 is 17.3 Å². The second-order valence-corrected chi connectivity index (χ2v) is 8.50. The molecule has 38 heavy (non-hydrogen) atoms. The summed E-state index contributed by atoms with van der Waals surface area (Å²) < 4.78 is 34.5. The standard InChI is InChI=1S/C25H20ClF2N5O5/c1-31-23(30-18-6-8-19(9-7-18)38-20-10-16(22(34)35)11-29-12-20)32(13-15-2-4-17(26)5-3-15)25(37)33(24(31)36)14-21(27)28/h2-12,21H,13-14H2,1H3,(H,34,35). The van der Waals surface area contributed by atoms with Gasteiger partial charge in [0, 0.05) is 18.3 Å². The molecule has 4 rings (SSSR count). The van der Waals surface area contributed by atoms with E-state index >= 15 is 0 Å². The van der Waals surface area contributed by atoms with Crippen molar-refractivity contribution in [2.75, 3.05) is 0 Å². The van der Waals surface area contributed by atoms with Gasteiger partial charge in [-0.2, -0.15) is 0 Å². The Kier molecular flexibility index (Phi) is 7.82. The zero-order valence-corrected chi connectivity index (χ0v) is 20.5. The molecule has 0 aliphatic rings. The van der Waals surface area contributed by atoms with Crippen LogP contribution in [-0.2, 0) is 20.1 Å². The highest BCUT2D eigenvalue weighted by atomic mass is 35.5. The number of carboxylic acids is 1. The summed E-state index contributed by atoms with van der Waals surface area (Å²) in [6, 6.07) is 14.1.